The highest BCUT2D eigenvalue weighted by Crippen LogP contribution is 2.29. The predicted octanol–water partition coefficient (Wildman–Crippen LogP) is 3.72. The number of aromatic hydroxyl groups is 1. The summed E-state index contributed by atoms with van der Waals surface area (Å²) >= 11 is 0. The van der Waals surface area contributed by atoms with Gasteiger partial charge in [0.2, 0.25) is 5.88 Å². The fourth-order valence-corrected chi connectivity index (χ4v) is 2.94. The number of hydrogen-bond donors (Lipinski definition) is 3. The highest BCUT2D eigenvalue weighted by atomic mass is 16.5. The van der Waals surface area contributed by atoms with Gasteiger partial charge in [0, 0.05) is 22.9 Å². The van der Waals surface area contributed by atoms with E-state index in [0.717, 1.165) is 21.9 Å². The molecular weight excluding hydrogens is 370 g/mol. The number of aromatic nitrogens is 2. The molecule has 144 valence electrons. The number of hydrogen-bond acceptors (Lipinski definition) is 6. The van der Waals surface area contributed by atoms with Crippen LogP contribution in [0.15, 0.2) is 66.7 Å². The second kappa shape index (κ2) is 7.47. The Bertz CT molecular complexity index is 1210. The first-order valence-electron chi connectivity index (χ1n) is 8.81. The van der Waals surface area contributed by atoms with Gasteiger partial charge in [-0.25, -0.2) is 9.78 Å². The Morgan fingerprint density at radius 1 is 0.897 bits per heavy atom. The van der Waals surface area contributed by atoms with Crippen LogP contribution in [0, 0.1) is 0 Å². The Morgan fingerprint density at radius 3 is 2.34 bits per heavy atom. The smallest absolute Gasteiger partial charge is 0.341 e. The Morgan fingerprint density at radius 2 is 1.59 bits per heavy atom. The molecule has 7 heteroatoms. The molecule has 0 aliphatic heterocycles. The van der Waals surface area contributed by atoms with E-state index < -0.39 is 12.6 Å². The molecule has 0 saturated heterocycles. The van der Waals surface area contributed by atoms with Crippen LogP contribution in [0.3, 0.4) is 0 Å². The number of rotatable bonds is 5. The van der Waals surface area contributed by atoms with Crippen LogP contribution in [-0.2, 0) is 4.79 Å². The number of carboxylic acid groups (broad SMARTS) is 1. The van der Waals surface area contributed by atoms with Crippen molar-refractivity contribution >= 4 is 22.4 Å². The van der Waals surface area contributed by atoms with E-state index in [1.807, 2.05) is 30.3 Å². The van der Waals surface area contributed by atoms with Gasteiger partial charge in [-0.15, -0.1) is 0 Å². The summed E-state index contributed by atoms with van der Waals surface area (Å²) in [5.74, 6) is -0.342. The molecule has 29 heavy (non-hydrogen) atoms. The van der Waals surface area contributed by atoms with Crippen LogP contribution < -0.4 is 10.5 Å². The number of aliphatic carboxylic acids is 1. The maximum atomic E-state index is 10.9. The minimum absolute atomic E-state index is 0.162. The lowest BCUT2D eigenvalue weighted by Crippen LogP contribution is -2.11. The summed E-state index contributed by atoms with van der Waals surface area (Å²) in [6.45, 7) is -0.505. The van der Waals surface area contributed by atoms with Crippen molar-refractivity contribution in [3.8, 4) is 34.3 Å². The largest absolute Gasteiger partial charge is 0.508 e. The molecule has 4 rings (SSSR count). The summed E-state index contributed by atoms with van der Waals surface area (Å²) in [6.07, 6.45) is 0. The van der Waals surface area contributed by atoms with Crippen molar-refractivity contribution in [3.63, 3.8) is 0 Å². The van der Waals surface area contributed by atoms with Crippen LogP contribution in [0.2, 0.25) is 0 Å². The van der Waals surface area contributed by atoms with Gasteiger partial charge in [-0.2, -0.15) is 4.98 Å². The Hall–Kier alpha value is -4.13. The SMILES string of the molecule is Nc1ccc(-c2cc(OCC(=O)O)nc(-c3ccc4cc(O)ccc4c3)n2)cc1. The lowest BCUT2D eigenvalue weighted by Gasteiger charge is -2.10. The third kappa shape index (κ3) is 4.08. The highest BCUT2D eigenvalue weighted by Gasteiger charge is 2.12. The summed E-state index contributed by atoms with van der Waals surface area (Å²) < 4.78 is 5.31. The molecule has 4 aromatic rings. The van der Waals surface area contributed by atoms with E-state index in [1.165, 1.54) is 0 Å². The molecule has 0 aliphatic rings. The van der Waals surface area contributed by atoms with Gasteiger partial charge >= 0.3 is 5.97 Å². The molecule has 4 N–H and O–H groups in total. The van der Waals surface area contributed by atoms with E-state index in [-0.39, 0.29) is 11.6 Å². The van der Waals surface area contributed by atoms with Crippen LogP contribution in [-0.4, -0.2) is 32.8 Å². The van der Waals surface area contributed by atoms with Gasteiger partial charge < -0.3 is 20.7 Å². The molecule has 0 radical (unpaired) electrons. The first-order chi connectivity index (χ1) is 14.0. The van der Waals surface area contributed by atoms with Gasteiger partial charge in [-0.1, -0.05) is 30.3 Å². The number of anilines is 1. The van der Waals surface area contributed by atoms with E-state index in [4.69, 9.17) is 15.6 Å². The van der Waals surface area contributed by atoms with Crippen LogP contribution in [0.25, 0.3) is 33.4 Å². The maximum absolute atomic E-state index is 10.9. The zero-order valence-corrected chi connectivity index (χ0v) is 15.2. The summed E-state index contributed by atoms with van der Waals surface area (Å²) in [4.78, 5) is 19.9. The molecule has 1 heterocycles. The molecule has 0 amide bonds. The second-order valence-electron chi connectivity index (χ2n) is 6.47. The van der Waals surface area contributed by atoms with Crippen LogP contribution in [0.5, 0.6) is 11.6 Å². The molecule has 0 fully saturated rings. The monoisotopic (exact) mass is 387 g/mol. The molecule has 0 unspecified atom stereocenters. The third-order valence-corrected chi connectivity index (χ3v) is 4.33. The molecule has 0 spiro atoms. The van der Waals surface area contributed by atoms with Gasteiger partial charge in [0.15, 0.2) is 12.4 Å². The molecule has 3 aromatic carbocycles. The van der Waals surface area contributed by atoms with Crippen molar-refractivity contribution in [2.75, 3.05) is 12.3 Å². The van der Waals surface area contributed by atoms with Crippen molar-refractivity contribution in [2.24, 2.45) is 0 Å². The number of phenols is 1. The summed E-state index contributed by atoms with van der Waals surface area (Å²) in [5, 5.41) is 20.3. The normalized spacial score (nSPS) is 10.8. The molecule has 7 nitrogen and oxygen atoms in total. The molecule has 0 atom stereocenters. The van der Waals surface area contributed by atoms with Gasteiger partial charge in [0.1, 0.15) is 5.75 Å². The van der Waals surface area contributed by atoms with Gasteiger partial charge in [-0.05, 0) is 41.1 Å². The number of ether oxygens (including phenoxy) is 1. The number of nitrogens with two attached hydrogens (primary N) is 1. The molecule has 1 aromatic heterocycles. The molecular formula is C22H17N3O4. The van der Waals surface area contributed by atoms with Crippen molar-refractivity contribution < 1.29 is 19.7 Å². The number of benzene rings is 3. The summed E-state index contributed by atoms with van der Waals surface area (Å²) in [7, 11) is 0. The zero-order chi connectivity index (χ0) is 20.4. The minimum atomic E-state index is -1.09. The average Bonchev–Trinajstić information content (AvgIpc) is 2.72. The lowest BCUT2D eigenvalue weighted by molar-refractivity contribution is -0.139. The van der Waals surface area contributed by atoms with Crippen LogP contribution in [0.4, 0.5) is 5.69 Å². The van der Waals surface area contributed by atoms with Crippen LogP contribution >= 0.6 is 0 Å². The fraction of sp³-hybridized carbons (Fsp3) is 0.0455. The van der Waals surface area contributed by atoms with E-state index in [9.17, 15) is 9.90 Å². The predicted molar refractivity (Wildman–Crippen MR) is 110 cm³/mol. The number of nitrogen functional groups attached to an aromatic ring is 1. The average molecular weight is 387 g/mol. The van der Waals surface area contributed by atoms with Crippen molar-refractivity contribution in [1.29, 1.82) is 0 Å². The number of carbonyl (C=O) groups is 1. The maximum Gasteiger partial charge on any atom is 0.341 e. The fourth-order valence-electron chi connectivity index (χ4n) is 2.94. The van der Waals surface area contributed by atoms with E-state index in [0.29, 0.717) is 17.2 Å². The Kier molecular flexibility index (Phi) is 4.70. The summed E-state index contributed by atoms with van der Waals surface area (Å²) in [6, 6.07) is 19.5. The second-order valence-corrected chi connectivity index (χ2v) is 6.47. The van der Waals surface area contributed by atoms with Crippen molar-refractivity contribution in [2.45, 2.75) is 0 Å². The van der Waals surface area contributed by atoms with E-state index >= 15 is 0 Å². The van der Waals surface area contributed by atoms with E-state index in [1.54, 1.807) is 36.4 Å². The first kappa shape index (κ1) is 18.2. The van der Waals surface area contributed by atoms with Gasteiger partial charge in [0.25, 0.3) is 0 Å². The topological polar surface area (TPSA) is 119 Å². The number of fused-ring (bicyclic) bond motifs is 1. The number of carboxylic acids is 1. The zero-order valence-electron chi connectivity index (χ0n) is 15.2. The van der Waals surface area contributed by atoms with Crippen molar-refractivity contribution in [1.82, 2.24) is 9.97 Å². The van der Waals surface area contributed by atoms with Gasteiger partial charge in [-0.3, -0.25) is 0 Å². The van der Waals surface area contributed by atoms with Crippen molar-refractivity contribution in [3.05, 3.63) is 66.7 Å². The third-order valence-electron chi connectivity index (χ3n) is 4.33. The molecule has 0 bridgehead atoms. The quantitative estimate of drug-likeness (QED) is 0.447. The molecule has 0 aliphatic carbocycles. The van der Waals surface area contributed by atoms with E-state index in [2.05, 4.69) is 9.97 Å². The van der Waals surface area contributed by atoms with Gasteiger partial charge in [0.05, 0.1) is 5.69 Å². The first-order valence-corrected chi connectivity index (χ1v) is 8.81. The molecule has 0 saturated carbocycles. The number of nitrogens with zero attached hydrogens (tertiary/aromatic N) is 2. The van der Waals surface area contributed by atoms with Crippen LogP contribution in [0.1, 0.15) is 0 Å². The highest BCUT2D eigenvalue weighted by molar-refractivity contribution is 5.87. The minimum Gasteiger partial charge on any atom is -0.508 e. The number of phenolic OH excluding ortho intramolecular Hbond substituents is 1. The lowest BCUT2D eigenvalue weighted by atomic mass is 10.1. The Labute approximate surface area is 166 Å². The standard InChI is InChI=1S/C22H17N3O4/c23-17-6-3-13(4-7-17)19-11-20(29-12-21(27)28)25-22(24-19)16-2-1-15-10-18(26)8-5-14(15)9-16/h1-11,26H,12,23H2,(H,27,28). The Balaban J connectivity index is 1.81. The summed E-state index contributed by atoms with van der Waals surface area (Å²) in [5.41, 5.74) is 8.51.